The summed E-state index contributed by atoms with van der Waals surface area (Å²) in [4.78, 5) is 39.1. The number of hydrogen-bond acceptors (Lipinski definition) is 5. The number of H-pyrrole nitrogens is 1. The third-order valence-electron chi connectivity index (χ3n) is 4.64. The number of aromatic amines is 1. The van der Waals surface area contributed by atoms with Crippen molar-refractivity contribution >= 4 is 11.8 Å². The minimum Gasteiger partial charge on any atom is -0.484 e. The van der Waals surface area contributed by atoms with E-state index in [4.69, 9.17) is 4.74 Å². The van der Waals surface area contributed by atoms with Gasteiger partial charge in [-0.3, -0.25) is 14.4 Å². The van der Waals surface area contributed by atoms with Gasteiger partial charge in [0.05, 0.1) is 0 Å². The van der Waals surface area contributed by atoms with E-state index >= 15 is 0 Å². The number of ether oxygens (including phenoxy) is 1. The molecule has 1 fully saturated rings. The van der Waals surface area contributed by atoms with Gasteiger partial charge in [0.15, 0.2) is 6.61 Å². The van der Waals surface area contributed by atoms with Crippen LogP contribution in [0.5, 0.6) is 5.75 Å². The number of carbonyl (C=O) groups excluding carboxylic acids is 2. The highest BCUT2D eigenvalue weighted by Crippen LogP contribution is 2.14. The fourth-order valence-electron chi connectivity index (χ4n) is 3.06. The Kier molecular flexibility index (Phi) is 6.41. The highest BCUT2D eigenvalue weighted by atomic mass is 16.5. The number of aryl methyl sites for hydroxylation is 1. The predicted octanol–water partition coefficient (Wildman–Crippen LogP) is 1.09. The molecule has 1 aromatic carbocycles. The number of nitrogens with zero attached hydrogens (tertiary/aromatic N) is 3. The molecular weight excluding hydrogens is 360 g/mol. The van der Waals surface area contributed by atoms with Crippen LogP contribution in [0.3, 0.4) is 0 Å². The van der Waals surface area contributed by atoms with Crippen molar-refractivity contribution in [3.63, 3.8) is 0 Å². The van der Waals surface area contributed by atoms with Gasteiger partial charge in [0, 0.05) is 32.2 Å². The zero-order valence-corrected chi connectivity index (χ0v) is 15.9. The lowest BCUT2D eigenvalue weighted by atomic mass is 10.1. The third-order valence-corrected chi connectivity index (χ3v) is 4.64. The summed E-state index contributed by atoms with van der Waals surface area (Å²) in [5.41, 5.74) is 1.08. The number of rotatable bonds is 6. The highest BCUT2D eigenvalue weighted by Gasteiger charge is 2.25. The maximum atomic E-state index is 12.4. The molecule has 1 aromatic heterocycles. The summed E-state index contributed by atoms with van der Waals surface area (Å²) in [6, 6.07) is 10.5. The van der Waals surface area contributed by atoms with E-state index in [0.717, 1.165) is 12.8 Å². The first kappa shape index (κ1) is 19.6. The van der Waals surface area contributed by atoms with E-state index < -0.39 is 0 Å². The Labute approximate surface area is 163 Å². The summed E-state index contributed by atoms with van der Waals surface area (Å²) in [7, 11) is 0. The van der Waals surface area contributed by atoms with Gasteiger partial charge >= 0.3 is 0 Å². The highest BCUT2D eigenvalue weighted by molar-refractivity contribution is 5.92. The van der Waals surface area contributed by atoms with Crippen LogP contribution in [-0.4, -0.2) is 64.6 Å². The Hall–Kier alpha value is -3.16. The van der Waals surface area contributed by atoms with Gasteiger partial charge in [-0.15, -0.1) is 0 Å². The number of carbonyl (C=O) groups is 2. The van der Waals surface area contributed by atoms with E-state index in [9.17, 15) is 14.4 Å². The van der Waals surface area contributed by atoms with Gasteiger partial charge in [-0.25, -0.2) is 5.10 Å². The number of benzene rings is 1. The van der Waals surface area contributed by atoms with Crippen molar-refractivity contribution in [2.75, 3.05) is 32.8 Å². The molecule has 2 aromatic rings. The fourth-order valence-corrected chi connectivity index (χ4v) is 3.06. The van der Waals surface area contributed by atoms with Gasteiger partial charge in [0.1, 0.15) is 11.4 Å². The molecule has 8 heteroatoms. The number of nitrogens with one attached hydrogen (secondary N) is 1. The topological polar surface area (TPSA) is 95.6 Å². The van der Waals surface area contributed by atoms with Crippen LogP contribution in [0.15, 0.2) is 41.2 Å². The molecule has 1 saturated heterocycles. The van der Waals surface area contributed by atoms with Crippen LogP contribution in [0.1, 0.15) is 29.4 Å². The van der Waals surface area contributed by atoms with E-state index in [-0.39, 0.29) is 29.7 Å². The molecule has 0 unspecified atom stereocenters. The molecule has 1 N–H and O–H groups in total. The molecule has 0 saturated carbocycles. The smallest absolute Gasteiger partial charge is 0.274 e. The van der Waals surface area contributed by atoms with Crippen LogP contribution >= 0.6 is 0 Å². The molecule has 0 bridgehead atoms. The Morgan fingerprint density at radius 1 is 1.04 bits per heavy atom. The number of aromatic nitrogens is 2. The average Bonchev–Trinajstić information content (AvgIpc) is 2.73. The zero-order valence-electron chi connectivity index (χ0n) is 15.9. The summed E-state index contributed by atoms with van der Waals surface area (Å²) >= 11 is 0. The molecule has 28 heavy (non-hydrogen) atoms. The first-order valence-corrected chi connectivity index (χ1v) is 9.41. The number of hydrogen-bond donors (Lipinski definition) is 1. The Morgan fingerprint density at radius 2 is 1.71 bits per heavy atom. The van der Waals surface area contributed by atoms with Gasteiger partial charge in [-0.05, 0) is 30.2 Å². The number of amides is 2. The third kappa shape index (κ3) is 4.97. The molecular formula is C20H24N4O4. The molecule has 8 nitrogen and oxygen atoms in total. The van der Waals surface area contributed by atoms with Gasteiger partial charge in [-0.2, -0.15) is 5.10 Å². The number of piperazine rings is 1. The quantitative estimate of drug-likeness (QED) is 0.804. The van der Waals surface area contributed by atoms with Crippen molar-refractivity contribution in [3.05, 3.63) is 58.0 Å². The molecule has 148 valence electrons. The predicted molar refractivity (Wildman–Crippen MR) is 103 cm³/mol. The Balaban J connectivity index is 1.46. The van der Waals surface area contributed by atoms with Crippen molar-refractivity contribution in [2.45, 2.75) is 19.8 Å². The van der Waals surface area contributed by atoms with Crippen LogP contribution in [-0.2, 0) is 11.2 Å². The minimum absolute atomic E-state index is 0.0252. The zero-order chi connectivity index (χ0) is 19.9. The van der Waals surface area contributed by atoms with Crippen LogP contribution in [0.4, 0.5) is 0 Å². The first-order valence-electron chi connectivity index (χ1n) is 9.41. The largest absolute Gasteiger partial charge is 0.484 e. The summed E-state index contributed by atoms with van der Waals surface area (Å²) < 4.78 is 5.59. The summed E-state index contributed by atoms with van der Waals surface area (Å²) in [5, 5.41) is 6.01. The molecule has 2 amide bonds. The molecule has 0 radical (unpaired) electrons. The van der Waals surface area contributed by atoms with E-state index in [1.54, 1.807) is 9.80 Å². The summed E-state index contributed by atoms with van der Waals surface area (Å²) in [6.45, 7) is 3.81. The van der Waals surface area contributed by atoms with Gasteiger partial charge in [-0.1, -0.05) is 25.5 Å². The lowest BCUT2D eigenvalue weighted by Crippen LogP contribution is -2.51. The monoisotopic (exact) mass is 384 g/mol. The lowest BCUT2D eigenvalue weighted by molar-refractivity contribution is -0.134. The van der Waals surface area contributed by atoms with Crippen molar-refractivity contribution < 1.29 is 14.3 Å². The van der Waals surface area contributed by atoms with Crippen LogP contribution < -0.4 is 10.3 Å². The molecule has 0 spiro atoms. The van der Waals surface area contributed by atoms with E-state index in [1.807, 2.05) is 24.3 Å². The fraction of sp³-hybridized carbons (Fsp3) is 0.400. The second kappa shape index (κ2) is 9.16. The molecule has 0 aliphatic carbocycles. The Bertz CT molecular complexity index is 850. The summed E-state index contributed by atoms with van der Waals surface area (Å²) in [6.07, 6.45) is 2.11. The lowest BCUT2D eigenvalue weighted by Gasteiger charge is -2.34. The van der Waals surface area contributed by atoms with Gasteiger partial charge in [0.2, 0.25) is 0 Å². The van der Waals surface area contributed by atoms with E-state index in [2.05, 4.69) is 17.1 Å². The van der Waals surface area contributed by atoms with Crippen molar-refractivity contribution in [3.8, 4) is 5.75 Å². The van der Waals surface area contributed by atoms with Crippen molar-refractivity contribution in [1.82, 2.24) is 20.0 Å². The molecule has 3 rings (SSSR count). The average molecular weight is 384 g/mol. The van der Waals surface area contributed by atoms with Crippen molar-refractivity contribution in [1.29, 1.82) is 0 Å². The van der Waals surface area contributed by atoms with Gasteiger partial charge in [0.25, 0.3) is 17.4 Å². The van der Waals surface area contributed by atoms with Crippen molar-refractivity contribution in [2.24, 2.45) is 0 Å². The van der Waals surface area contributed by atoms with E-state index in [0.29, 0.717) is 31.9 Å². The molecule has 0 atom stereocenters. The second-order valence-electron chi connectivity index (χ2n) is 6.66. The molecule has 1 aliphatic rings. The molecule has 2 heterocycles. The Morgan fingerprint density at radius 3 is 2.32 bits per heavy atom. The van der Waals surface area contributed by atoms with Crippen LogP contribution in [0, 0.1) is 0 Å². The van der Waals surface area contributed by atoms with Gasteiger partial charge < -0.3 is 14.5 Å². The second-order valence-corrected chi connectivity index (χ2v) is 6.66. The molecule has 1 aliphatic heterocycles. The maximum absolute atomic E-state index is 12.4. The van der Waals surface area contributed by atoms with E-state index in [1.165, 1.54) is 17.7 Å². The normalized spacial score (nSPS) is 14.0. The van der Waals surface area contributed by atoms with Crippen LogP contribution in [0.2, 0.25) is 0 Å². The van der Waals surface area contributed by atoms with Crippen LogP contribution in [0.25, 0.3) is 0 Å². The minimum atomic E-state index is -0.355. The summed E-state index contributed by atoms with van der Waals surface area (Å²) in [5.74, 6) is 0.310. The first-order chi connectivity index (χ1) is 13.6. The SMILES string of the molecule is CCCc1ccc(OCC(=O)N2CCN(C(=O)c3ccc(=O)[nH]n3)CC2)cc1. The standard InChI is InChI=1S/C20H24N4O4/c1-2-3-15-4-6-16(7-5-15)28-14-19(26)23-10-12-24(13-11-23)20(27)17-8-9-18(25)22-21-17/h4-9H,2-3,10-14H2,1H3,(H,22,25). The maximum Gasteiger partial charge on any atom is 0.274 e.